The zero-order chi connectivity index (χ0) is 20.2. The highest BCUT2D eigenvalue weighted by molar-refractivity contribution is 7.71. The largest absolute Gasteiger partial charge is 0.497 e. The third kappa shape index (κ3) is 3.81. The summed E-state index contributed by atoms with van der Waals surface area (Å²) < 4.78 is 12.5. The molecule has 0 saturated heterocycles. The van der Waals surface area contributed by atoms with Crippen molar-refractivity contribution in [3.8, 4) is 34.3 Å². The molecule has 4 rings (SSSR count). The maximum atomic E-state index is 5.39. The average Bonchev–Trinajstić information content (AvgIpc) is 3.39. The van der Waals surface area contributed by atoms with Gasteiger partial charge in [0.05, 0.1) is 26.1 Å². The van der Waals surface area contributed by atoms with Gasteiger partial charge in [0.15, 0.2) is 0 Å². The van der Waals surface area contributed by atoms with Crippen LogP contribution in [-0.4, -0.2) is 45.5 Å². The van der Waals surface area contributed by atoms with Gasteiger partial charge in [0.1, 0.15) is 17.2 Å². The van der Waals surface area contributed by atoms with E-state index in [-0.39, 0.29) is 0 Å². The molecule has 0 unspecified atom stereocenters. The molecule has 0 saturated carbocycles. The van der Waals surface area contributed by atoms with Crippen LogP contribution in [0, 0.1) is 4.77 Å². The first-order valence-corrected chi connectivity index (χ1v) is 9.15. The maximum Gasteiger partial charge on any atom is 0.216 e. The van der Waals surface area contributed by atoms with E-state index in [0.29, 0.717) is 27.8 Å². The number of ether oxygens (including phenoxy) is 2. The highest BCUT2D eigenvalue weighted by atomic mass is 32.1. The van der Waals surface area contributed by atoms with Crippen LogP contribution in [0.1, 0.15) is 5.56 Å². The van der Waals surface area contributed by atoms with Gasteiger partial charge in [-0.05, 0) is 36.5 Å². The van der Waals surface area contributed by atoms with Crippen LogP contribution in [0.3, 0.4) is 0 Å². The quantitative estimate of drug-likeness (QED) is 0.374. The van der Waals surface area contributed by atoms with Crippen molar-refractivity contribution in [2.45, 2.75) is 0 Å². The van der Waals surface area contributed by atoms with Crippen molar-refractivity contribution in [3.05, 3.63) is 64.9 Å². The van der Waals surface area contributed by atoms with Crippen molar-refractivity contribution in [1.29, 1.82) is 0 Å². The number of aromatic amines is 2. The molecule has 0 atom stereocenters. The van der Waals surface area contributed by atoms with Crippen molar-refractivity contribution in [2.75, 3.05) is 14.2 Å². The number of rotatable bonds is 6. The van der Waals surface area contributed by atoms with Crippen LogP contribution in [-0.2, 0) is 0 Å². The number of hydrogen-bond donors (Lipinski definition) is 2. The Balaban J connectivity index is 1.70. The monoisotopic (exact) mass is 406 g/mol. The van der Waals surface area contributed by atoms with Crippen LogP contribution in [0.5, 0.6) is 11.5 Å². The number of hydrogen-bond acceptors (Lipinski definition) is 6. The predicted molar refractivity (Wildman–Crippen MR) is 113 cm³/mol. The summed E-state index contributed by atoms with van der Waals surface area (Å²) in [5.41, 5.74) is 3.24. The van der Waals surface area contributed by atoms with Crippen LogP contribution in [0.25, 0.3) is 22.8 Å². The molecule has 0 aliphatic carbocycles. The van der Waals surface area contributed by atoms with E-state index in [9.17, 15) is 0 Å². The van der Waals surface area contributed by atoms with Crippen molar-refractivity contribution < 1.29 is 9.47 Å². The van der Waals surface area contributed by atoms with Crippen LogP contribution in [0.15, 0.2) is 59.7 Å². The van der Waals surface area contributed by atoms with E-state index in [2.05, 4.69) is 25.5 Å². The topological polar surface area (TPSA) is 93.1 Å². The Hall–Kier alpha value is -3.72. The lowest BCUT2D eigenvalue weighted by molar-refractivity contribution is 0.402. The summed E-state index contributed by atoms with van der Waals surface area (Å²) >= 11 is 5.34. The highest BCUT2D eigenvalue weighted by Crippen LogP contribution is 2.24. The Morgan fingerprint density at radius 1 is 1.00 bits per heavy atom. The Morgan fingerprint density at radius 2 is 1.83 bits per heavy atom. The second-order valence-electron chi connectivity index (χ2n) is 6.05. The van der Waals surface area contributed by atoms with Gasteiger partial charge < -0.3 is 9.47 Å². The third-order valence-corrected chi connectivity index (χ3v) is 4.55. The zero-order valence-corrected chi connectivity index (χ0v) is 16.6. The molecule has 0 radical (unpaired) electrons. The molecule has 146 valence electrons. The summed E-state index contributed by atoms with van der Waals surface area (Å²) in [6.45, 7) is 0. The molecule has 2 aromatic heterocycles. The lowest BCUT2D eigenvalue weighted by Gasteiger charge is -2.06. The van der Waals surface area contributed by atoms with Crippen LogP contribution < -0.4 is 9.47 Å². The summed E-state index contributed by atoms with van der Waals surface area (Å²) in [4.78, 5) is 0. The van der Waals surface area contributed by atoms with Gasteiger partial charge in [-0.3, -0.25) is 5.10 Å². The van der Waals surface area contributed by atoms with E-state index < -0.39 is 0 Å². The number of methoxy groups -OCH3 is 2. The summed E-state index contributed by atoms with van der Waals surface area (Å²) in [5.74, 6) is 1.88. The Bertz CT molecular complexity index is 1210. The molecule has 8 nitrogen and oxygen atoms in total. The first-order chi connectivity index (χ1) is 14.2. The summed E-state index contributed by atoms with van der Waals surface area (Å²) in [5, 5.41) is 18.9. The predicted octanol–water partition coefficient (Wildman–Crippen LogP) is 3.90. The normalized spacial score (nSPS) is 11.1. The molecular weight excluding hydrogens is 388 g/mol. The molecule has 0 spiro atoms. The maximum absolute atomic E-state index is 5.39. The van der Waals surface area contributed by atoms with Gasteiger partial charge in [-0.25, -0.2) is 5.10 Å². The summed E-state index contributed by atoms with van der Waals surface area (Å²) in [6, 6.07) is 17.2. The molecule has 9 heteroatoms. The number of nitrogens with zero attached hydrogens (tertiary/aromatic N) is 4. The minimum absolute atomic E-state index is 0.356. The average molecular weight is 406 g/mol. The molecule has 0 fully saturated rings. The van der Waals surface area contributed by atoms with Crippen molar-refractivity contribution in [3.63, 3.8) is 0 Å². The van der Waals surface area contributed by atoms with E-state index in [0.717, 1.165) is 16.8 Å². The molecule has 2 heterocycles. The lowest BCUT2D eigenvalue weighted by Crippen LogP contribution is -1.97. The van der Waals surface area contributed by atoms with Gasteiger partial charge in [-0.2, -0.15) is 20.0 Å². The summed E-state index contributed by atoms with van der Waals surface area (Å²) in [6.07, 6.45) is 1.64. The first kappa shape index (κ1) is 18.6. The first-order valence-electron chi connectivity index (χ1n) is 8.74. The van der Waals surface area contributed by atoms with E-state index in [4.69, 9.17) is 21.7 Å². The van der Waals surface area contributed by atoms with Crippen molar-refractivity contribution >= 4 is 18.4 Å². The molecule has 2 N–H and O–H groups in total. The molecule has 4 aromatic rings. The molecule has 29 heavy (non-hydrogen) atoms. The van der Waals surface area contributed by atoms with Crippen molar-refractivity contribution in [2.24, 2.45) is 5.10 Å². The molecule has 0 amide bonds. The van der Waals surface area contributed by atoms with Gasteiger partial charge in [-0.15, -0.1) is 0 Å². The minimum Gasteiger partial charge on any atom is -0.497 e. The van der Waals surface area contributed by atoms with Gasteiger partial charge >= 0.3 is 0 Å². The molecule has 0 aliphatic heterocycles. The standard InChI is InChI=1S/C20H18N6O2S/c1-27-15-8-9-18(28-2)14(10-15)12-21-26-19(24-25-20(26)29)17-11-16(22-23-17)13-6-4-3-5-7-13/h3-12H,1-2H3,(H,22,23)(H,25,29). The zero-order valence-electron chi connectivity index (χ0n) is 15.8. The second kappa shape index (κ2) is 8.11. The van der Waals surface area contributed by atoms with E-state index in [1.807, 2.05) is 54.6 Å². The number of benzene rings is 2. The van der Waals surface area contributed by atoms with Gasteiger partial charge in [-0.1, -0.05) is 30.3 Å². The van der Waals surface area contributed by atoms with E-state index >= 15 is 0 Å². The Morgan fingerprint density at radius 3 is 2.59 bits per heavy atom. The molecule has 2 aromatic carbocycles. The van der Waals surface area contributed by atoms with Crippen LogP contribution in [0.2, 0.25) is 0 Å². The lowest BCUT2D eigenvalue weighted by atomic mass is 10.1. The Kier molecular flexibility index (Phi) is 5.21. The second-order valence-corrected chi connectivity index (χ2v) is 6.44. The number of H-pyrrole nitrogens is 2. The number of nitrogens with one attached hydrogen (secondary N) is 2. The van der Waals surface area contributed by atoms with Gasteiger partial charge in [0.25, 0.3) is 0 Å². The SMILES string of the molecule is COc1ccc(OC)c(C=Nn2c(-c3cc(-c4ccccc4)n[nH]3)n[nH]c2=S)c1. The van der Waals surface area contributed by atoms with Gasteiger partial charge in [0, 0.05) is 11.1 Å². The van der Waals surface area contributed by atoms with Crippen molar-refractivity contribution in [1.82, 2.24) is 25.1 Å². The highest BCUT2D eigenvalue weighted by Gasteiger charge is 2.13. The third-order valence-electron chi connectivity index (χ3n) is 4.29. The summed E-state index contributed by atoms with van der Waals surface area (Å²) in [7, 11) is 3.21. The van der Waals surface area contributed by atoms with Gasteiger partial charge in [0.2, 0.25) is 10.6 Å². The van der Waals surface area contributed by atoms with E-state index in [1.54, 1.807) is 20.4 Å². The van der Waals surface area contributed by atoms with E-state index in [1.165, 1.54) is 4.68 Å². The molecule has 0 aliphatic rings. The smallest absolute Gasteiger partial charge is 0.216 e. The minimum atomic E-state index is 0.356. The Labute approximate surface area is 171 Å². The fourth-order valence-electron chi connectivity index (χ4n) is 2.83. The molecular formula is C20H18N6O2S. The fraction of sp³-hybridized carbons (Fsp3) is 0.100. The fourth-order valence-corrected chi connectivity index (χ4v) is 3.01. The van der Waals surface area contributed by atoms with Crippen LogP contribution >= 0.6 is 12.2 Å². The van der Waals surface area contributed by atoms with Crippen LogP contribution in [0.4, 0.5) is 0 Å². The molecule has 0 bridgehead atoms. The number of aromatic nitrogens is 5.